The quantitative estimate of drug-likeness (QED) is 0.417. The van der Waals surface area contributed by atoms with Crippen LogP contribution in [0.15, 0.2) is 0 Å². The highest BCUT2D eigenvalue weighted by Crippen LogP contribution is 1.78. The average Bonchev–Trinajstić information content (AvgIpc) is 1.87. The molecule has 0 rings (SSSR count). The highest BCUT2D eigenvalue weighted by atomic mass is 16.2. The van der Waals surface area contributed by atoms with Crippen LogP contribution in [0.4, 0.5) is 0 Å². The molecular weight excluding hydrogens is 144 g/mol. The summed E-state index contributed by atoms with van der Waals surface area (Å²) < 4.78 is 0. The fraction of sp³-hybridized carbons (Fsp3) is 0.429. The Balaban J connectivity index is 3.49. The molecule has 0 saturated heterocycles. The summed E-state index contributed by atoms with van der Waals surface area (Å²) in [6, 6.07) is 0. The Morgan fingerprint density at radius 3 is 1.64 bits per heavy atom. The molecule has 0 aromatic carbocycles. The van der Waals surface area contributed by atoms with Gasteiger partial charge in [-0.05, 0) is 0 Å². The molecule has 0 heterocycles. The maximum atomic E-state index is 10.7. The summed E-state index contributed by atoms with van der Waals surface area (Å²) in [6.07, 6.45) is -0.148. The van der Waals surface area contributed by atoms with E-state index < -0.39 is 0 Å². The van der Waals surface area contributed by atoms with E-state index in [1.165, 1.54) is 0 Å². The number of carbonyl (C=O) groups is 2. The van der Waals surface area contributed by atoms with Crippen LogP contribution in [-0.2, 0) is 9.59 Å². The molecule has 0 aromatic heterocycles. The van der Waals surface area contributed by atoms with Crippen molar-refractivity contribution in [1.29, 1.82) is 0 Å². The van der Waals surface area contributed by atoms with Crippen molar-refractivity contribution in [2.75, 3.05) is 13.1 Å². The summed E-state index contributed by atoms with van der Waals surface area (Å²) in [5, 5.41) is 4.81. The standard InChI is InChI=1S/C7H12N2O2/c1-3-8-6(10)5-7(11)9-4-2/h1-5H2,(H,8,10)(H,9,11)/q-2. The molecule has 0 aliphatic heterocycles. The smallest absolute Gasteiger partial charge is 0.227 e. The summed E-state index contributed by atoms with van der Waals surface area (Å²) in [7, 11) is 0. The van der Waals surface area contributed by atoms with Gasteiger partial charge in [0.2, 0.25) is 11.8 Å². The Morgan fingerprint density at radius 1 is 1.00 bits per heavy atom. The molecule has 0 radical (unpaired) electrons. The average molecular weight is 156 g/mol. The Labute approximate surface area is 66.4 Å². The topological polar surface area (TPSA) is 58.2 Å². The first-order valence-electron chi connectivity index (χ1n) is 3.32. The fourth-order valence-corrected chi connectivity index (χ4v) is 0.550. The van der Waals surface area contributed by atoms with Crippen LogP contribution in [0.1, 0.15) is 6.42 Å². The Morgan fingerprint density at radius 2 is 1.36 bits per heavy atom. The van der Waals surface area contributed by atoms with Gasteiger partial charge in [-0.2, -0.15) is 0 Å². The van der Waals surface area contributed by atoms with E-state index in [9.17, 15) is 9.59 Å². The molecule has 0 atom stereocenters. The molecule has 11 heavy (non-hydrogen) atoms. The van der Waals surface area contributed by atoms with Crippen molar-refractivity contribution >= 4 is 11.8 Å². The lowest BCUT2D eigenvalue weighted by Gasteiger charge is -2.05. The molecule has 0 saturated carbocycles. The summed E-state index contributed by atoms with van der Waals surface area (Å²) in [5.41, 5.74) is 0. The first kappa shape index (κ1) is 9.94. The molecule has 0 unspecified atom stereocenters. The van der Waals surface area contributed by atoms with Gasteiger partial charge in [-0.3, -0.25) is 9.59 Å². The predicted octanol–water partition coefficient (Wildman–Crippen LogP) is -0.723. The maximum absolute atomic E-state index is 10.7. The van der Waals surface area contributed by atoms with E-state index in [2.05, 4.69) is 24.5 Å². The molecule has 0 bridgehead atoms. The summed E-state index contributed by atoms with van der Waals surface area (Å²) in [6.45, 7) is 7.41. The lowest BCUT2D eigenvalue weighted by Crippen LogP contribution is -2.31. The Kier molecular flexibility index (Phi) is 5.15. The third-order valence-corrected chi connectivity index (χ3v) is 0.965. The van der Waals surface area contributed by atoms with Crippen LogP contribution < -0.4 is 10.6 Å². The normalized spacial score (nSPS) is 8.91. The molecule has 0 fully saturated rings. The van der Waals surface area contributed by atoms with Crippen molar-refractivity contribution in [3.8, 4) is 0 Å². The van der Waals surface area contributed by atoms with Crippen molar-refractivity contribution < 1.29 is 9.59 Å². The highest BCUT2D eigenvalue weighted by Gasteiger charge is 2.03. The van der Waals surface area contributed by atoms with Crippen LogP contribution >= 0.6 is 0 Å². The van der Waals surface area contributed by atoms with Crippen LogP contribution in [-0.4, -0.2) is 24.9 Å². The molecule has 0 aliphatic carbocycles. The largest absolute Gasteiger partial charge is 0.386 e. The number of nitrogens with one attached hydrogen (secondary N) is 2. The number of rotatable bonds is 4. The third kappa shape index (κ3) is 5.39. The Bertz CT molecular complexity index is 129. The second-order valence-electron chi connectivity index (χ2n) is 1.88. The maximum Gasteiger partial charge on any atom is 0.227 e. The molecule has 0 aromatic rings. The van der Waals surface area contributed by atoms with Gasteiger partial charge in [-0.1, -0.05) is 0 Å². The van der Waals surface area contributed by atoms with Gasteiger partial charge < -0.3 is 24.5 Å². The van der Waals surface area contributed by atoms with E-state index in [1.54, 1.807) is 0 Å². The van der Waals surface area contributed by atoms with E-state index >= 15 is 0 Å². The zero-order valence-corrected chi connectivity index (χ0v) is 6.35. The van der Waals surface area contributed by atoms with Gasteiger partial charge >= 0.3 is 0 Å². The molecular formula is C7H12N2O2-2. The fourth-order valence-electron chi connectivity index (χ4n) is 0.550. The first-order chi connectivity index (χ1) is 5.20. The van der Waals surface area contributed by atoms with E-state index in [0.29, 0.717) is 13.1 Å². The number of hydrogen-bond donors (Lipinski definition) is 2. The van der Waals surface area contributed by atoms with Crippen molar-refractivity contribution in [3.05, 3.63) is 13.8 Å². The van der Waals surface area contributed by atoms with Crippen LogP contribution in [0.5, 0.6) is 0 Å². The zero-order valence-electron chi connectivity index (χ0n) is 6.35. The van der Waals surface area contributed by atoms with Crippen molar-refractivity contribution in [2.24, 2.45) is 0 Å². The molecule has 0 aliphatic rings. The van der Waals surface area contributed by atoms with Gasteiger partial charge in [0.15, 0.2) is 0 Å². The van der Waals surface area contributed by atoms with E-state index in [1.807, 2.05) is 0 Å². The number of hydrogen-bond acceptors (Lipinski definition) is 2. The third-order valence-electron chi connectivity index (χ3n) is 0.965. The minimum atomic E-state index is -0.314. The van der Waals surface area contributed by atoms with Gasteiger partial charge in [0.05, 0.1) is 0 Å². The van der Waals surface area contributed by atoms with E-state index in [-0.39, 0.29) is 18.2 Å². The number of amides is 2. The minimum absolute atomic E-state index is 0.148. The lowest BCUT2D eigenvalue weighted by atomic mass is 10.4. The van der Waals surface area contributed by atoms with Crippen LogP contribution in [0, 0.1) is 13.8 Å². The SMILES string of the molecule is [CH2-]CNC(=O)CC(=O)NC[CH2-]. The second-order valence-corrected chi connectivity index (χ2v) is 1.88. The lowest BCUT2D eigenvalue weighted by molar-refractivity contribution is -0.129. The zero-order chi connectivity index (χ0) is 8.69. The van der Waals surface area contributed by atoms with E-state index in [0.717, 1.165) is 0 Å². The highest BCUT2D eigenvalue weighted by molar-refractivity contribution is 5.96. The minimum Gasteiger partial charge on any atom is -0.386 e. The summed E-state index contributed by atoms with van der Waals surface area (Å²) >= 11 is 0. The molecule has 4 heteroatoms. The van der Waals surface area contributed by atoms with Gasteiger partial charge in [0.1, 0.15) is 6.42 Å². The molecule has 2 N–H and O–H groups in total. The van der Waals surface area contributed by atoms with Crippen LogP contribution in [0.2, 0.25) is 0 Å². The van der Waals surface area contributed by atoms with Gasteiger partial charge in [0.25, 0.3) is 0 Å². The van der Waals surface area contributed by atoms with Crippen molar-refractivity contribution in [1.82, 2.24) is 10.6 Å². The molecule has 4 nitrogen and oxygen atoms in total. The number of carbonyl (C=O) groups excluding carboxylic acids is 2. The Hall–Kier alpha value is -1.06. The van der Waals surface area contributed by atoms with Gasteiger partial charge in [-0.25, -0.2) is 0 Å². The monoisotopic (exact) mass is 156 g/mol. The van der Waals surface area contributed by atoms with Crippen molar-refractivity contribution in [2.45, 2.75) is 6.42 Å². The summed E-state index contributed by atoms with van der Waals surface area (Å²) in [4.78, 5) is 21.4. The van der Waals surface area contributed by atoms with Crippen LogP contribution in [0.25, 0.3) is 0 Å². The van der Waals surface area contributed by atoms with E-state index in [4.69, 9.17) is 0 Å². The molecule has 0 spiro atoms. The van der Waals surface area contributed by atoms with Gasteiger partial charge in [-0.15, -0.1) is 13.1 Å². The summed E-state index contributed by atoms with van der Waals surface area (Å²) in [5.74, 6) is -0.628. The molecule has 64 valence electrons. The predicted molar refractivity (Wildman–Crippen MR) is 41.4 cm³/mol. The molecule has 2 amide bonds. The second kappa shape index (κ2) is 5.70. The van der Waals surface area contributed by atoms with Crippen molar-refractivity contribution in [3.63, 3.8) is 0 Å². The first-order valence-corrected chi connectivity index (χ1v) is 3.32. The van der Waals surface area contributed by atoms with Gasteiger partial charge in [0, 0.05) is 0 Å². The van der Waals surface area contributed by atoms with Crippen LogP contribution in [0.3, 0.4) is 0 Å².